The Kier molecular flexibility index (Phi) is 6.36. The van der Waals surface area contributed by atoms with Crippen molar-refractivity contribution in [3.8, 4) is 0 Å². The summed E-state index contributed by atoms with van der Waals surface area (Å²) in [6, 6.07) is 15.6. The van der Waals surface area contributed by atoms with Crippen LogP contribution < -0.4 is 5.56 Å². The first-order chi connectivity index (χ1) is 18.2. The van der Waals surface area contributed by atoms with Gasteiger partial charge < -0.3 is 9.40 Å². The molecule has 0 amide bonds. The summed E-state index contributed by atoms with van der Waals surface area (Å²) in [5, 5.41) is 14.0. The van der Waals surface area contributed by atoms with E-state index in [-0.39, 0.29) is 11.6 Å². The van der Waals surface area contributed by atoms with Gasteiger partial charge >= 0.3 is 0 Å². The highest BCUT2D eigenvalue weighted by atomic mass is 16.3. The number of aromatic amines is 1. The normalized spacial score (nSPS) is 15.1. The number of benzene rings is 1. The van der Waals surface area contributed by atoms with Gasteiger partial charge in [0.25, 0.3) is 5.56 Å². The summed E-state index contributed by atoms with van der Waals surface area (Å²) < 4.78 is 7.69. The van der Waals surface area contributed by atoms with E-state index in [1.54, 1.807) is 12.5 Å². The Bertz CT molecular complexity index is 1540. The number of H-pyrrole nitrogens is 1. The third kappa shape index (κ3) is 4.82. The van der Waals surface area contributed by atoms with E-state index in [1.165, 1.54) is 0 Å². The molecule has 37 heavy (non-hydrogen) atoms. The van der Waals surface area contributed by atoms with Gasteiger partial charge in [0.1, 0.15) is 11.8 Å². The van der Waals surface area contributed by atoms with E-state index in [4.69, 9.17) is 4.42 Å². The molecule has 1 fully saturated rings. The number of nitrogens with one attached hydrogen (secondary N) is 1. The molecule has 0 aliphatic heterocycles. The number of fused-ring (bicyclic) bond motifs is 1. The summed E-state index contributed by atoms with van der Waals surface area (Å²) in [4.78, 5) is 23.3. The molecule has 0 saturated heterocycles. The molecule has 9 heteroatoms. The lowest BCUT2D eigenvalue weighted by atomic mass is 10.0. The van der Waals surface area contributed by atoms with Gasteiger partial charge in [0.05, 0.1) is 18.8 Å². The maximum atomic E-state index is 13.7. The molecular weight excluding hydrogens is 466 g/mol. The van der Waals surface area contributed by atoms with Crippen LogP contribution >= 0.6 is 0 Å². The average molecular weight is 496 g/mol. The molecule has 0 unspecified atom stereocenters. The first-order valence-corrected chi connectivity index (χ1v) is 12.7. The van der Waals surface area contributed by atoms with Gasteiger partial charge in [0, 0.05) is 30.0 Å². The van der Waals surface area contributed by atoms with Gasteiger partial charge in [-0.05, 0) is 77.0 Å². The largest absolute Gasteiger partial charge is 0.468 e. The molecule has 0 radical (unpaired) electrons. The Balaban J connectivity index is 1.53. The number of aryl methyl sites for hydroxylation is 1. The molecule has 9 nitrogen and oxygen atoms in total. The van der Waals surface area contributed by atoms with Gasteiger partial charge in [-0.3, -0.25) is 14.7 Å². The second kappa shape index (κ2) is 10.1. The van der Waals surface area contributed by atoms with Crippen LogP contribution in [0, 0.1) is 6.92 Å². The number of hydrogen-bond acceptors (Lipinski definition) is 7. The minimum absolute atomic E-state index is 0.153. The summed E-state index contributed by atoms with van der Waals surface area (Å²) in [6.45, 7) is 3.01. The number of furan rings is 1. The zero-order valence-electron chi connectivity index (χ0n) is 20.7. The van der Waals surface area contributed by atoms with Crippen molar-refractivity contribution in [1.29, 1.82) is 0 Å². The minimum atomic E-state index is -0.504. The fourth-order valence-electron chi connectivity index (χ4n) is 5.39. The van der Waals surface area contributed by atoms with Crippen LogP contribution in [0.1, 0.15) is 66.0 Å². The SMILES string of the molecule is Cc1ccc2cc([C@H](c3nnnn3C3CCCC3)N(Cc3cccnc3)Cc3ccco3)c(=O)[nH]c2c1. The quantitative estimate of drug-likeness (QED) is 0.332. The number of aromatic nitrogens is 6. The number of tetrazole rings is 1. The van der Waals surface area contributed by atoms with Crippen molar-refractivity contribution in [2.75, 3.05) is 0 Å². The van der Waals surface area contributed by atoms with Crippen LogP contribution in [0.2, 0.25) is 0 Å². The average Bonchev–Trinajstić information content (AvgIpc) is 3.68. The van der Waals surface area contributed by atoms with Crippen molar-refractivity contribution >= 4 is 10.9 Å². The number of pyridine rings is 2. The Morgan fingerprint density at radius 2 is 2.03 bits per heavy atom. The smallest absolute Gasteiger partial charge is 0.253 e. The van der Waals surface area contributed by atoms with Crippen LogP contribution in [0.3, 0.4) is 0 Å². The molecule has 0 spiro atoms. The van der Waals surface area contributed by atoms with Gasteiger partial charge in [-0.25, -0.2) is 4.68 Å². The lowest BCUT2D eigenvalue weighted by molar-refractivity contribution is 0.176. The topological polar surface area (TPSA) is 106 Å². The molecule has 188 valence electrons. The summed E-state index contributed by atoms with van der Waals surface area (Å²) in [5.41, 5.74) is 3.37. The van der Waals surface area contributed by atoms with Crippen LogP contribution in [0.15, 0.2) is 76.4 Å². The molecule has 1 N–H and O–H groups in total. The fraction of sp³-hybridized carbons (Fsp3) is 0.321. The van der Waals surface area contributed by atoms with E-state index in [1.807, 2.05) is 60.3 Å². The summed E-state index contributed by atoms with van der Waals surface area (Å²) in [7, 11) is 0. The Morgan fingerprint density at radius 1 is 1.14 bits per heavy atom. The van der Waals surface area contributed by atoms with Crippen molar-refractivity contribution in [2.24, 2.45) is 0 Å². The lowest BCUT2D eigenvalue weighted by Crippen LogP contribution is -2.35. The van der Waals surface area contributed by atoms with Crippen molar-refractivity contribution in [3.05, 3.63) is 106 Å². The van der Waals surface area contributed by atoms with Crippen molar-refractivity contribution in [2.45, 2.75) is 57.8 Å². The first kappa shape index (κ1) is 23.3. The fourth-order valence-corrected chi connectivity index (χ4v) is 5.39. The van der Waals surface area contributed by atoms with Crippen molar-refractivity contribution in [3.63, 3.8) is 0 Å². The number of rotatable bonds is 8. The van der Waals surface area contributed by atoms with E-state index in [0.717, 1.165) is 53.5 Å². The Hall–Kier alpha value is -4.11. The minimum Gasteiger partial charge on any atom is -0.468 e. The van der Waals surface area contributed by atoms with Gasteiger partial charge in [-0.15, -0.1) is 5.10 Å². The maximum absolute atomic E-state index is 13.7. The van der Waals surface area contributed by atoms with Gasteiger partial charge in [0.15, 0.2) is 5.82 Å². The molecule has 4 heterocycles. The highest BCUT2D eigenvalue weighted by Crippen LogP contribution is 2.35. The number of hydrogen-bond donors (Lipinski definition) is 1. The summed E-state index contributed by atoms with van der Waals surface area (Å²) in [6.07, 6.45) is 9.62. The molecule has 1 saturated carbocycles. The summed E-state index contributed by atoms with van der Waals surface area (Å²) in [5.74, 6) is 1.46. The van der Waals surface area contributed by atoms with Crippen molar-refractivity contribution < 1.29 is 4.42 Å². The monoisotopic (exact) mass is 495 g/mol. The van der Waals surface area contributed by atoms with Gasteiger partial charge in [-0.2, -0.15) is 0 Å². The number of nitrogens with zero attached hydrogens (tertiary/aromatic N) is 6. The summed E-state index contributed by atoms with van der Waals surface area (Å²) >= 11 is 0. The lowest BCUT2D eigenvalue weighted by Gasteiger charge is -2.31. The molecule has 1 atom stereocenters. The van der Waals surface area contributed by atoms with Gasteiger partial charge in [-0.1, -0.05) is 31.0 Å². The van der Waals surface area contributed by atoms with Crippen LogP contribution in [0.5, 0.6) is 0 Å². The van der Waals surface area contributed by atoms with Crippen molar-refractivity contribution in [1.82, 2.24) is 35.1 Å². The van der Waals surface area contributed by atoms with Gasteiger partial charge in [0.2, 0.25) is 0 Å². The van der Waals surface area contributed by atoms with E-state index >= 15 is 0 Å². The molecule has 0 bridgehead atoms. The molecule has 1 aliphatic carbocycles. The second-order valence-corrected chi connectivity index (χ2v) is 9.81. The van der Waals surface area contributed by atoms with E-state index in [2.05, 4.69) is 36.5 Å². The van der Waals surface area contributed by atoms with Crippen LogP contribution in [-0.4, -0.2) is 35.1 Å². The van der Waals surface area contributed by atoms with Crippen LogP contribution in [0.25, 0.3) is 10.9 Å². The zero-order valence-corrected chi connectivity index (χ0v) is 20.7. The molecule has 5 aromatic rings. The molecule has 4 aromatic heterocycles. The standard InChI is InChI=1S/C28H29N7O2/c1-19-10-11-21-15-24(28(36)30-25(21)14-19)26(27-31-32-33-35(27)22-7-2-3-8-22)34(18-23-9-5-13-37-23)17-20-6-4-12-29-16-20/h4-6,9-16,22,26H,2-3,7-8,17-18H2,1H3,(H,30,36)/t26-/m1/s1. The molecule has 6 rings (SSSR count). The van der Waals surface area contributed by atoms with E-state index < -0.39 is 6.04 Å². The van der Waals surface area contributed by atoms with E-state index in [0.29, 0.717) is 24.5 Å². The highest BCUT2D eigenvalue weighted by Gasteiger charge is 2.33. The van der Waals surface area contributed by atoms with Crippen LogP contribution in [-0.2, 0) is 13.1 Å². The second-order valence-electron chi connectivity index (χ2n) is 9.81. The molecule has 1 aliphatic rings. The predicted molar refractivity (Wildman–Crippen MR) is 139 cm³/mol. The third-order valence-corrected chi connectivity index (χ3v) is 7.17. The third-order valence-electron chi connectivity index (χ3n) is 7.17. The zero-order chi connectivity index (χ0) is 25.2. The Morgan fingerprint density at radius 3 is 2.81 bits per heavy atom. The maximum Gasteiger partial charge on any atom is 0.253 e. The predicted octanol–water partition coefficient (Wildman–Crippen LogP) is 4.72. The molecular formula is C28H29N7O2. The van der Waals surface area contributed by atoms with E-state index in [9.17, 15) is 4.79 Å². The molecule has 1 aromatic carbocycles. The van der Waals surface area contributed by atoms with Crippen LogP contribution in [0.4, 0.5) is 0 Å². The highest BCUT2D eigenvalue weighted by molar-refractivity contribution is 5.79. The Labute approximate surface area is 214 Å². The first-order valence-electron chi connectivity index (χ1n) is 12.7.